The third kappa shape index (κ3) is 2.50. The number of nitrogens with zero attached hydrogens (tertiary/aromatic N) is 2. The van der Waals surface area contributed by atoms with E-state index in [9.17, 15) is 5.11 Å². The number of hydrogen-bond donors (Lipinski definition) is 1. The number of aliphatic hydroxyl groups is 1. The summed E-state index contributed by atoms with van der Waals surface area (Å²) < 4.78 is 0.892. The van der Waals surface area contributed by atoms with Crippen molar-refractivity contribution in [1.82, 2.24) is 9.97 Å². The summed E-state index contributed by atoms with van der Waals surface area (Å²) in [5.41, 5.74) is 2.29. The van der Waals surface area contributed by atoms with Gasteiger partial charge in [0.1, 0.15) is 6.10 Å². The quantitative estimate of drug-likeness (QED) is 0.787. The fourth-order valence-electron chi connectivity index (χ4n) is 1.97. The van der Waals surface area contributed by atoms with Gasteiger partial charge < -0.3 is 5.11 Å². The van der Waals surface area contributed by atoms with Gasteiger partial charge in [0, 0.05) is 22.3 Å². The van der Waals surface area contributed by atoms with Crippen LogP contribution in [0.1, 0.15) is 17.4 Å². The van der Waals surface area contributed by atoms with Gasteiger partial charge in [-0.15, -0.1) is 0 Å². The molecule has 0 aliphatic rings. The van der Waals surface area contributed by atoms with E-state index < -0.39 is 6.10 Å². The monoisotopic (exact) mass is 314 g/mol. The van der Waals surface area contributed by atoms with E-state index in [1.54, 1.807) is 18.5 Å². The molecule has 2 aromatic heterocycles. The summed E-state index contributed by atoms with van der Waals surface area (Å²) in [4.78, 5) is 8.51. The number of aromatic nitrogens is 2. The lowest BCUT2D eigenvalue weighted by Crippen LogP contribution is -2.02. The average Bonchev–Trinajstić information content (AvgIpc) is 2.47. The lowest BCUT2D eigenvalue weighted by Gasteiger charge is -2.11. The summed E-state index contributed by atoms with van der Waals surface area (Å²) in [6.07, 6.45) is 2.69. The van der Waals surface area contributed by atoms with Crippen molar-refractivity contribution in [3.05, 3.63) is 70.6 Å². The van der Waals surface area contributed by atoms with Crippen LogP contribution in [0, 0.1) is 0 Å². The van der Waals surface area contributed by atoms with E-state index in [1.807, 2.05) is 36.4 Å². The molecule has 0 bridgehead atoms. The minimum atomic E-state index is -0.737. The van der Waals surface area contributed by atoms with Gasteiger partial charge in [0.2, 0.25) is 0 Å². The molecule has 0 spiro atoms. The summed E-state index contributed by atoms with van der Waals surface area (Å²) in [7, 11) is 0. The topological polar surface area (TPSA) is 46.0 Å². The molecule has 3 nitrogen and oxygen atoms in total. The molecule has 1 aromatic carbocycles. The second kappa shape index (κ2) is 5.07. The van der Waals surface area contributed by atoms with Crippen molar-refractivity contribution in [2.24, 2.45) is 0 Å². The highest BCUT2D eigenvalue weighted by Crippen LogP contribution is 2.24. The molecule has 0 fully saturated rings. The SMILES string of the molecule is OC(c1ccc2cccnc2c1)c1ccc(Br)cn1. The number of rotatable bonds is 2. The van der Waals surface area contributed by atoms with Crippen LogP contribution < -0.4 is 0 Å². The van der Waals surface area contributed by atoms with E-state index in [1.165, 1.54) is 0 Å². The van der Waals surface area contributed by atoms with Crippen LogP contribution in [-0.2, 0) is 0 Å². The largest absolute Gasteiger partial charge is 0.382 e. The average molecular weight is 315 g/mol. The second-order valence-electron chi connectivity index (χ2n) is 4.26. The van der Waals surface area contributed by atoms with Gasteiger partial charge in [0.15, 0.2) is 0 Å². The Balaban J connectivity index is 2.01. The number of pyridine rings is 2. The van der Waals surface area contributed by atoms with E-state index >= 15 is 0 Å². The van der Waals surface area contributed by atoms with Gasteiger partial charge in [-0.1, -0.05) is 18.2 Å². The minimum Gasteiger partial charge on any atom is -0.382 e. The van der Waals surface area contributed by atoms with Crippen molar-refractivity contribution in [2.75, 3.05) is 0 Å². The Bertz CT molecular complexity index is 713. The zero-order chi connectivity index (χ0) is 13.2. The maximum Gasteiger partial charge on any atom is 0.121 e. The number of benzene rings is 1. The Hall–Kier alpha value is -1.78. The van der Waals surface area contributed by atoms with Crippen LogP contribution in [0.2, 0.25) is 0 Å². The molecule has 0 saturated heterocycles. The Kier molecular flexibility index (Phi) is 3.27. The van der Waals surface area contributed by atoms with E-state index in [-0.39, 0.29) is 0 Å². The first-order valence-corrected chi connectivity index (χ1v) is 6.67. The summed E-state index contributed by atoms with van der Waals surface area (Å²) in [5.74, 6) is 0. The molecular weight excluding hydrogens is 304 g/mol. The van der Waals surface area contributed by atoms with Gasteiger partial charge in [-0.05, 0) is 45.8 Å². The molecule has 2 heterocycles. The van der Waals surface area contributed by atoms with E-state index in [2.05, 4.69) is 25.9 Å². The van der Waals surface area contributed by atoms with Crippen LogP contribution in [0.4, 0.5) is 0 Å². The third-order valence-corrected chi connectivity index (χ3v) is 3.45. The molecule has 94 valence electrons. The summed E-state index contributed by atoms with van der Waals surface area (Å²) in [6, 6.07) is 13.3. The second-order valence-corrected chi connectivity index (χ2v) is 5.18. The highest BCUT2D eigenvalue weighted by Gasteiger charge is 2.12. The zero-order valence-corrected chi connectivity index (χ0v) is 11.6. The molecular formula is C15H11BrN2O. The van der Waals surface area contributed by atoms with Crippen LogP contribution >= 0.6 is 15.9 Å². The molecule has 0 aliphatic carbocycles. The summed E-state index contributed by atoms with van der Waals surface area (Å²) in [6.45, 7) is 0. The van der Waals surface area contributed by atoms with E-state index in [0.717, 1.165) is 20.9 Å². The first kappa shape index (κ1) is 12.3. The highest BCUT2D eigenvalue weighted by atomic mass is 79.9. The Labute approximate surface area is 119 Å². The Morgan fingerprint density at radius 2 is 1.95 bits per heavy atom. The molecule has 1 unspecified atom stereocenters. The highest BCUT2D eigenvalue weighted by molar-refractivity contribution is 9.10. The molecule has 4 heteroatoms. The molecule has 0 saturated carbocycles. The van der Waals surface area contributed by atoms with Crippen LogP contribution in [0.25, 0.3) is 10.9 Å². The Morgan fingerprint density at radius 3 is 2.74 bits per heavy atom. The number of hydrogen-bond acceptors (Lipinski definition) is 3. The first-order chi connectivity index (χ1) is 9.24. The van der Waals surface area contributed by atoms with Gasteiger partial charge >= 0.3 is 0 Å². The third-order valence-electron chi connectivity index (χ3n) is 2.98. The predicted molar refractivity (Wildman–Crippen MR) is 77.7 cm³/mol. The zero-order valence-electron chi connectivity index (χ0n) is 9.99. The number of fused-ring (bicyclic) bond motifs is 1. The van der Waals surface area contributed by atoms with Gasteiger partial charge in [0.25, 0.3) is 0 Å². The summed E-state index contributed by atoms with van der Waals surface area (Å²) in [5, 5.41) is 11.4. The van der Waals surface area contributed by atoms with Crippen molar-refractivity contribution in [3.63, 3.8) is 0 Å². The van der Waals surface area contributed by atoms with Crippen molar-refractivity contribution in [2.45, 2.75) is 6.10 Å². The molecule has 3 rings (SSSR count). The fourth-order valence-corrected chi connectivity index (χ4v) is 2.21. The molecule has 19 heavy (non-hydrogen) atoms. The molecule has 0 radical (unpaired) electrons. The standard InChI is InChI=1S/C15H11BrN2O/c16-12-5-6-13(18-9-12)15(19)11-4-3-10-2-1-7-17-14(10)8-11/h1-9,15,19H. The van der Waals surface area contributed by atoms with Crippen LogP contribution in [0.5, 0.6) is 0 Å². The van der Waals surface area contributed by atoms with Crippen molar-refractivity contribution >= 4 is 26.8 Å². The number of halogens is 1. The normalized spacial score (nSPS) is 12.5. The smallest absolute Gasteiger partial charge is 0.121 e. The molecule has 1 atom stereocenters. The van der Waals surface area contributed by atoms with Gasteiger partial charge in [0.05, 0.1) is 11.2 Å². The lowest BCUT2D eigenvalue weighted by molar-refractivity contribution is 0.215. The maximum absolute atomic E-state index is 10.3. The van der Waals surface area contributed by atoms with Crippen LogP contribution in [0.15, 0.2) is 59.3 Å². The van der Waals surface area contributed by atoms with Crippen LogP contribution in [0.3, 0.4) is 0 Å². The van der Waals surface area contributed by atoms with Crippen molar-refractivity contribution < 1.29 is 5.11 Å². The van der Waals surface area contributed by atoms with E-state index in [4.69, 9.17) is 0 Å². The fraction of sp³-hybridized carbons (Fsp3) is 0.0667. The molecule has 3 aromatic rings. The van der Waals surface area contributed by atoms with Gasteiger partial charge in [-0.25, -0.2) is 0 Å². The minimum absolute atomic E-state index is 0.624. The van der Waals surface area contributed by atoms with Crippen molar-refractivity contribution in [3.8, 4) is 0 Å². The molecule has 0 aliphatic heterocycles. The molecule has 0 amide bonds. The molecule has 1 N–H and O–H groups in total. The van der Waals surface area contributed by atoms with Crippen molar-refractivity contribution in [1.29, 1.82) is 0 Å². The first-order valence-electron chi connectivity index (χ1n) is 5.88. The lowest BCUT2D eigenvalue weighted by atomic mass is 10.0. The van der Waals surface area contributed by atoms with Crippen LogP contribution in [-0.4, -0.2) is 15.1 Å². The van der Waals surface area contributed by atoms with Gasteiger partial charge in [-0.3, -0.25) is 9.97 Å². The van der Waals surface area contributed by atoms with E-state index in [0.29, 0.717) is 5.69 Å². The van der Waals surface area contributed by atoms with Gasteiger partial charge in [-0.2, -0.15) is 0 Å². The number of aliphatic hydroxyl groups excluding tert-OH is 1. The summed E-state index contributed by atoms with van der Waals surface area (Å²) >= 11 is 3.33. The predicted octanol–water partition coefficient (Wildman–Crippen LogP) is 3.47. The maximum atomic E-state index is 10.3. The Morgan fingerprint density at radius 1 is 1.05 bits per heavy atom.